The Bertz CT molecular complexity index is 378. The van der Waals surface area contributed by atoms with Crippen molar-refractivity contribution in [1.29, 1.82) is 0 Å². The lowest BCUT2D eigenvalue weighted by Gasteiger charge is -2.20. The van der Waals surface area contributed by atoms with E-state index in [1.807, 2.05) is 18.2 Å². The van der Waals surface area contributed by atoms with Crippen LogP contribution in [0, 0.1) is 0 Å². The van der Waals surface area contributed by atoms with Crippen molar-refractivity contribution >= 4 is 5.91 Å². The number of primary amides is 1. The summed E-state index contributed by atoms with van der Waals surface area (Å²) in [5, 5.41) is 0. The number of amides is 1. The van der Waals surface area contributed by atoms with Gasteiger partial charge in [-0.25, -0.2) is 0 Å². The molecule has 0 aliphatic heterocycles. The van der Waals surface area contributed by atoms with Crippen molar-refractivity contribution in [1.82, 2.24) is 0 Å². The highest BCUT2D eigenvalue weighted by Gasteiger charge is 2.16. The Labute approximate surface area is 90.5 Å². The summed E-state index contributed by atoms with van der Waals surface area (Å²) in [5.74, 6) is -0.415. The van der Waals surface area contributed by atoms with E-state index in [9.17, 15) is 4.79 Å². The number of rotatable bonds is 2. The molecule has 0 saturated carbocycles. The first-order valence-electron chi connectivity index (χ1n) is 4.99. The molecule has 0 aliphatic carbocycles. The van der Waals surface area contributed by atoms with Gasteiger partial charge >= 0.3 is 0 Å². The largest absolute Gasteiger partial charge is 0.366 e. The second kappa shape index (κ2) is 4.03. The molecule has 0 radical (unpaired) electrons. The molecular formula is C12H18N2O. The fourth-order valence-electron chi connectivity index (χ4n) is 1.45. The van der Waals surface area contributed by atoms with Gasteiger partial charge < -0.3 is 11.5 Å². The van der Waals surface area contributed by atoms with Crippen molar-refractivity contribution in [3.05, 3.63) is 34.9 Å². The Balaban J connectivity index is 3.28. The van der Waals surface area contributed by atoms with Crippen LogP contribution in [0.2, 0.25) is 0 Å². The third-order valence-corrected chi connectivity index (χ3v) is 2.46. The lowest BCUT2D eigenvalue weighted by molar-refractivity contribution is 0.0999. The molecule has 1 aromatic carbocycles. The Kier molecular flexibility index (Phi) is 3.15. The molecule has 0 aromatic heterocycles. The van der Waals surface area contributed by atoms with Gasteiger partial charge in [0, 0.05) is 12.1 Å². The molecule has 0 atom stereocenters. The third-order valence-electron chi connectivity index (χ3n) is 2.46. The van der Waals surface area contributed by atoms with E-state index in [4.69, 9.17) is 11.5 Å². The van der Waals surface area contributed by atoms with E-state index in [0.717, 1.165) is 11.1 Å². The van der Waals surface area contributed by atoms with Crippen LogP contribution in [0.4, 0.5) is 0 Å². The van der Waals surface area contributed by atoms with E-state index in [1.54, 1.807) is 0 Å². The summed E-state index contributed by atoms with van der Waals surface area (Å²) in [6.07, 6.45) is 0. The fraction of sp³-hybridized carbons (Fsp3) is 0.417. The smallest absolute Gasteiger partial charge is 0.249 e. The second-order valence-corrected chi connectivity index (χ2v) is 4.69. The molecule has 0 saturated heterocycles. The molecule has 3 heteroatoms. The molecule has 4 N–H and O–H groups in total. The van der Waals surface area contributed by atoms with Crippen LogP contribution >= 0.6 is 0 Å². The molecule has 1 rings (SSSR count). The summed E-state index contributed by atoms with van der Waals surface area (Å²) in [5.41, 5.74) is 13.3. The quantitative estimate of drug-likeness (QED) is 0.770. The summed E-state index contributed by atoms with van der Waals surface area (Å²) in [6.45, 7) is 6.61. The average Bonchev–Trinajstić information content (AvgIpc) is 2.15. The first kappa shape index (κ1) is 11.7. The van der Waals surface area contributed by atoms with Crippen molar-refractivity contribution in [3.63, 3.8) is 0 Å². The molecule has 15 heavy (non-hydrogen) atoms. The Hall–Kier alpha value is -1.35. The van der Waals surface area contributed by atoms with Crippen molar-refractivity contribution < 1.29 is 4.79 Å². The van der Waals surface area contributed by atoms with E-state index < -0.39 is 5.91 Å². The molecule has 0 heterocycles. The van der Waals surface area contributed by atoms with Gasteiger partial charge in [-0.15, -0.1) is 0 Å². The molecule has 0 fully saturated rings. The predicted molar refractivity (Wildman–Crippen MR) is 61.6 cm³/mol. The van der Waals surface area contributed by atoms with Gasteiger partial charge in [-0.1, -0.05) is 32.9 Å². The van der Waals surface area contributed by atoms with Crippen molar-refractivity contribution in [2.75, 3.05) is 0 Å². The minimum Gasteiger partial charge on any atom is -0.366 e. The third kappa shape index (κ3) is 2.57. The van der Waals surface area contributed by atoms with E-state index in [2.05, 4.69) is 20.8 Å². The topological polar surface area (TPSA) is 69.1 Å². The fourth-order valence-corrected chi connectivity index (χ4v) is 1.45. The first-order chi connectivity index (χ1) is 6.86. The maximum absolute atomic E-state index is 11.2. The van der Waals surface area contributed by atoms with Gasteiger partial charge in [0.05, 0.1) is 0 Å². The van der Waals surface area contributed by atoms with E-state index in [0.29, 0.717) is 12.1 Å². The van der Waals surface area contributed by atoms with Crippen molar-refractivity contribution in [2.24, 2.45) is 11.5 Å². The summed E-state index contributed by atoms with van der Waals surface area (Å²) in [7, 11) is 0. The molecule has 0 bridgehead atoms. The lowest BCUT2D eigenvalue weighted by Crippen LogP contribution is -2.18. The Morgan fingerprint density at radius 3 is 2.33 bits per heavy atom. The zero-order chi connectivity index (χ0) is 11.6. The van der Waals surface area contributed by atoms with Gasteiger partial charge in [-0.2, -0.15) is 0 Å². The maximum Gasteiger partial charge on any atom is 0.249 e. The molecule has 1 aromatic rings. The van der Waals surface area contributed by atoms with Crippen LogP contribution in [0.25, 0.3) is 0 Å². The van der Waals surface area contributed by atoms with Crippen LogP contribution in [0.3, 0.4) is 0 Å². The zero-order valence-electron chi connectivity index (χ0n) is 9.50. The highest BCUT2D eigenvalue weighted by molar-refractivity contribution is 5.94. The van der Waals surface area contributed by atoms with Crippen molar-refractivity contribution in [2.45, 2.75) is 32.7 Å². The molecule has 0 unspecified atom stereocenters. The number of carbonyl (C=O) groups is 1. The number of hydrogen-bond acceptors (Lipinski definition) is 2. The summed E-state index contributed by atoms with van der Waals surface area (Å²) < 4.78 is 0. The van der Waals surface area contributed by atoms with Gasteiger partial charge in [0.2, 0.25) is 5.91 Å². The molecule has 0 aliphatic rings. The lowest BCUT2D eigenvalue weighted by atomic mass is 9.85. The van der Waals surface area contributed by atoms with Gasteiger partial charge in [0.1, 0.15) is 0 Å². The molecular weight excluding hydrogens is 188 g/mol. The van der Waals surface area contributed by atoms with Gasteiger partial charge in [-0.3, -0.25) is 4.79 Å². The standard InChI is InChI=1S/C12H18N2O/c1-12(2,3)9-5-4-8(7-13)10(6-9)11(14)15/h4-6H,7,13H2,1-3H3,(H2,14,15). The van der Waals surface area contributed by atoms with Crippen LogP contribution < -0.4 is 11.5 Å². The normalized spacial score (nSPS) is 11.5. The molecule has 1 amide bonds. The SMILES string of the molecule is CC(C)(C)c1ccc(CN)c(C(N)=O)c1. The van der Waals surface area contributed by atoms with Crippen LogP contribution in [-0.4, -0.2) is 5.91 Å². The maximum atomic E-state index is 11.2. The number of benzene rings is 1. The van der Waals surface area contributed by atoms with E-state index in [-0.39, 0.29) is 5.41 Å². The molecule has 0 spiro atoms. The van der Waals surface area contributed by atoms with E-state index >= 15 is 0 Å². The first-order valence-corrected chi connectivity index (χ1v) is 4.99. The summed E-state index contributed by atoms with van der Waals surface area (Å²) >= 11 is 0. The number of hydrogen-bond donors (Lipinski definition) is 2. The van der Waals surface area contributed by atoms with Gasteiger partial charge in [-0.05, 0) is 22.6 Å². The zero-order valence-corrected chi connectivity index (χ0v) is 9.50. The van der Waals surface area contributed by atoms with Gasteiger partial charge in [0.15, 0.2) is 0 Å². The van der Waals surface area contributed by atoms with Crippen LogP contribution in [0.5, 0.6) is 0 Å². The number of carbonyl (C=O) groups excluding carboxylic acids is 1. The minimum absolute atomic E-state index is 0.0112. The Morgan fingerprint density at radius 2 is 1.93 bits per heavy atom. The summed E-state index contributed by atoms with van der Waals surface area (Å²) in [6, 6.07) is 5.71. The van der Waals surface area contributed by atoms with Crippen molar-refractivity contribution in [3.8, 4) is 0 Å². The predicted octanol–water partition coefficient (Wildman–Crippen LogP) is 1.54. The van der Waals surface area contributed by atoms with Gasteiger partial charge in [0.25, 0.3) is 0 Å². The minimum atomic E-state index is -0.415. The Morgan fingerprint density at radius 1 is 1.33 bits per heavy atom. The summed E-state index contributed by atoms with van der Waals surface area (Å²) in [4.78, 5) is 11.2. The van der Waals surface area contributed by atoms with Crippen LogP contribution in [0.15, 0.2) is 18.2 Å². The highest BCUT2D eigenvalue weighted by Crippen LogP contribution is 2.24. The number of nitrogens with two attached hydrogens (primary N) is 2. The highest BCUT2D eigenvalue weighted by atomic mass is 16.1. The van der Waals surface area contributed by atoms with E-state index in [1.165, 1.54) is 0 Å². The average molecular weight is 206 g/mol. The second-order valence-electron chi connectivity index (χ2n) is 4.69. The molecule has 82 valence electrons. The monoisotopic (exact) mass is 206 g/mol. The van der Waals surface area contributed by atoms with Crippen LogP contribution in [-0.2, 0) is 12.0 Å². The molecule has 3 nitrogen and oxygen atoms in total. The van der Waals surface area contributed by atoms with Crippen LogP contribution in [0.1, 0.15) is 42.3 Å².